The number of fused-ring (bicyclic) bond motifs is 4. The molecule has 10 heteroatoms. The number of rotatable bonds is 5. The van der Waals surface area contributed by atoms with Gasteiger partial charge in [0.1, 0.15) is 22.9 Å². The minimum atomic E-state index is -2.36. The van der Waals surface area contributed by atoms with Crippen molar-refractivity contribution in [1.29, 1.82) is 0 Å². The van der Waals surface area contributed by atoms with Crippen molar-refractivity contribution in [3.63, 3.8) is 0 Å². The fourth-order valence-electron chi connectivity index (χ4n) is 8.39. The number of aliphatic carboxylic acids is 1. The Labute approximate surface area is 261 Å². The van der Waals surface area contributed by atoms with Crippen LogP contribution in [0.3, 0.4) is 0 Å². The zero-order valence-electron chi connectivity index (χ0n) is 25.8. The van der Waals surface area contributed by atoms with Crippen LogP contribution in [0.5, 0.6) is 0 Å². The summed E-state index contributed by atoms with van der Waals surface area (Å²) in [5.74, 6) is -3.42. The maximum Gasteiger partial charge on any atom is 0.338 e. The summed E-state index contributed by atoms with van der Waals surface area (Å²) in [6, 6.07) is 18.4. The molecular weight excluding hydrogens is 580 g/mol. The molecule has 2 fully saturated rings. The lowest BCUT2D eigenvalue weighted by Gasteiger charge is -2.68. The van der Waals surface area contributed by atoms with E-state index in [4.69, 9.17) is 19.0 Å². The standard InChI is InChI=1S/C34H36O9.CH4O/c1-19-22-15-17-41-24(22)18-23-26(19)27(42-29(36)20-10-6-4-7-11-20)28(43-30(37)21-12-8-5-9-13-21)34(40)32(23,2)16-14-25(35)33(34,3)31(38)39;1-2/h4-13,15,17,19,23,25-28,35,40H,14,16,18H2,1-3H3,(H,38,39);2H,1H3/t19-,23-,25-,26-,27+,28+,32+,33+,34-;/m0./s1. The highest BCUT2D eigenvalue weighted by Crippen LogP contribution is 2.68. The SMILES string of the molecule is CO.C[C@H]1c2ccoc2C[C@H]2[C@H]1[C@@H](OC(=O)c1ccccc1)[C@@H](OC(=O)c1ccccc1)[C@@]1(O)[C@@](C)(C(=O)O)[C@@H](O)CC[C@]21C. The van der Waals surface area contributed by atoms with Gasteiger partial charge >= 0.3 is 17.9 Å². The van der Waals surface area contributed by atoms with E-state index in [0.29, 0.717) is 12.2 Å². The van der Waals surface area contributed by atoms with Crippen LogP contribution >= 0.6 is 0 Å². The number of carboxylic acids is 1. The molecule has 2 saturated carbocycles. The zero-order chi connectivity index (χ0) is 32.7. The van der Waals surface area contributed by atoms with Gasteiger partial charge in [0.25, 0.3) is 0 Å². The number of benzene rings is 2. The number of aliphatic hydroxyl groups excluding tert-OH is 2. The van der Waals surface area contributed by atoms with Gasteiger partial charge in [-0.15, -0.1) is 0 Å². The average molecular weight is 621 g/mol. The Morgan fingerprint density at radius 1 is 0.889 bits per heavy atom. The van der Waals surface area contributed by atoms with Gasteiger partial charge in [-0.2, -0.15) is 0 Å². The van der Waals surface area contributed by atoms with E-state index in [-0.39, 0.29) is 29.9 Å². The number of hydrogen-bond donors (Lipinski definition) is 4. The molecule has 4 N–H and O–H groups in total. The third kappa shape index (κ3) is 4.78. The van der Waals surface area contributed by atoms with Crippen LogP contribution in [0.2, 0.25) is 0 Å². The van der Waals surface area contributed by atoms with Crippen LogP contribution in [-0.2, 0) is 20.7 Å². The summed E-state index contributed by atoms with van der Waals surface area (Å²) in [5, 5.41) is 42.1. The lowest BCUT2D eigenvalue weighted by Crippen LogP contribution is -2.81. The Kier molecular flexibility index (Phi) is 8.70. The van der Waals surface area contributed by atoms with E-state index in [2.05, 4.69) is 0 Å². The van der Waals surface area contributed by atoms with Gasteiger partial charge in [0.05, 0.1) is 23.5 Å². The van der Waals surface area contributed by atoms with Crippen molar-refractivity contribution in [2.75, 3.05) is 7.11 Å². The second kappa shape index (κ2) is 12.1. The largest absolute Gasteiger partial charge is 0.481 e. The number of esters is 2. The van der Waals surface area contributed by atoms with Crippen molar-refractivity contribution < 1.29 is 48.7 Å². The molecule has 0 saturated heterocycles. The van der Waals surface area contributed by atoms with Gasteiger partial charge in [-0.1, -0.05) is 50.2 Å². The number of aliphatic hydroxyl groups is 3. The number of carbonyl (C=O) groups is 3. The van der Waals surface area contributed by atoms with Gasteiger partial charge in [-0.05, 0) is 67.5 Å². The summed E-state index contributed by atoms with van der Waals surface area (Å²) in [5.41, 5.74) is -4.38. The predicted octanol–water partition coefficient (Wildman–Crippen LogP) is 4.23. The third-order valence-corrected chi connectivity index (χ3v) is 10.8. The first-order valence-electron chi connectivity index (χ1n) is 15.1. The summed E-state index contributed by atoms with van der Waals surface area (Å²) >= 11 is 0. The third-order valence-electron chi connectivity index (χ3n) is 10.8. The van der Waals surface area contributed by atoms with E-state index in [9.17, 15) is 29.7 Å². The van der Waals surface area contributed by atoms with Crippen LogP contribution in [0, 0.1) is 22.7 Å². The molecule has 2 aromatic carbocycles. The number of ether oxygens (including phenoxy) is 2. The van der Waals surface area contributed by atoms with E-state index in [1.165, 1.54) is 6.92 Å². The molecule has 1 aromatic heterocycles. The first-order valence-corrected chi connectivity index (χ1v) is 15.1. The first-order chi connectivity index (χ1) is 21.4. The van der Waals surface area contributed by atoms with Gasteiger partial charge in [0, 0.05) is 24.9 Å². The Morgan fingerprint density at radius 2 is 1.44 bits per heavy atom. The van der Waals surface area contributed by atoms with Gasteiger partial charge < -0.3 is 34.3 Å². The fraction of sp³-hybridized carbons (Fsp3) is 0.457. The van der Waals surface area contributed by atoms with Crippen LogP contribution in [0.25, 0.3) is 0 Å². The van der Waals surface area contributed by atoms with Gasteiger partial charge in [-0.25, -0.2) is 9.59 Å². The average Bonchev–Trinajstić information content (AvgIpc) is 3.54. The zero-order valence-corrected chi connectivity index (χ0v) is 25.8. The Balaban J connectivity index is 0.00000196. The lowest BCUT2D eigenvalue weighted by molar-refractivity contribution is -0.327. The molecule has 0 aliphatic heterocycles. The van der Waals surface area contributed by atoms with Crippen molar-refractivity contribution in [3.8, 4) is 0 Å². The molecule has 240 valence electrons. The van der Waals surface area contributed by atoms with Crippen LogP contribution in [-0.4, -0.2) is 69.4 Å². The number of furan rings is 1. The first kappa shape index (κ1) is 32.4. The van der Waals surface area contributed by atoms with Gasteiger partial charge in [0.15, 0.2) is 6.10 Å². The highest BCUT2D eigenvalue weighted by Gasteiger charge is 2.79. The van der Waals surface area contributed by atoms with E-state index in [1.807, 2.05) is 13.0 Å². The molecular formula is C35H40O10. The van der Waals surface area contributed by atoms with Crippen LogP contribution in [0.1, 0.15) is 71.6 Å². The normalized spacial score (nSPS) is 34.9. The van der Waals surface area contributed by atoms with E-state index < -0.39 is 64.5 Å². The molecule has 9 atom stereocenters. The molecule has 0 amide bonds. The Bertz CT molecular complexity index is 1540. The minimum Gasteiger partial charge on any atom is -0.481 e. The summed E-state index contributed by atoms with van der Waals surface area (Å²) in [6.07, 6.45) is -2.06. The van der Waals surface area contributed by atoms with Crippen LogP contribution < -0.4 is 0 Å². The summed E-state index contributed by atoms with van der Waals surface area (Å²) in [7, 11) is 1.00. The summed E-state index contributed by atoms with van der Waals surface area (Å²) in [4.78, 5) is 40.5. The highest BCUT2D eigenvalue weighted by molar-refractivity contribution is 5.90. The van der Waals surface area contributed by atoms with Crippen molar-refractivity contribution in [2.45, 2.75) is 69.9 Å². The van der Waals surface area contributed by atoms with E-state index >= 15 is 0 Å². The van der Waals surface area contributed by atoms with Crippen molar-refractivity contribution >= 4 is 17.9 Å². The van der Waals surface area contributed by atoms with Crippen molar-refractivity contribution in [2.24, 2.45) is 22.7 Å². The maximum absolute atomic E-state index is 13.7. The highest BCUT2D eigenvalue weighted by atomic mass is 16.6. The Morgan fingerprint density at radius 3 is 2.00 bits per heavy atom. The smallest absolute Gasteiger partial charge is 0.338 e. The van der Waals surface area contributed by atoms with E-state index in [1.54, 1.807) is 73.9 Å². The Hall–Kier alpha value is -3.99. The molecule has 6 rings (SSSR count). The van der Waals surface area contributed by atoms with E-state index in [0.717, 1.165) is 12.7 Å². The quantitative estimate of drug-likeness (QED) is 0.304. The predicted molar refractivity (Wildman–Crippen MR) is 161 cm³/mol. The number of hydrogen-bond acceptors (Lipinski definition) is 9. The monoisotopic (exact) mass is 620 g/mol. The number of carbonyl (C=O) groups excluding carboxylic acids is 2. The van der Waals surface area contributed by atoms with Gasteiger partial charge in [-0.3, -0.25) is 4.79 Å². The lowest BCUT2D eigenvalue weighted by atomic mass is 9.39. The molecule has 10 nitrogen and oxygen atoms in total. The molecule has 0 radical (unpaired) electrons. The second-order valence-electron chi connectivity index (χ2n) is 12.6. The molecule has 3 aliphatic carbocycles. The molecule has 3 aliphatic rings. The number of carboxylic acid groups (broad SMARTS) is 1. The van der Waals surface area contributed by atoms with Crippen molar-refractivity contribution in [1.82, 2.24) is 0 Å². The van der Waals surface area contributed by atoms with Crippen LogP contribution in [0.4, 0.5) is 0 Å². The molecule has 3 aromatic rings. The molecule has 0 bridgehead atoms. The topological polar surface area (TPSA) is 164 Å². The van der Waals surface area contributed by atoms with Crippen molar-refractivity contribution in [3.05, 3.63) is 95.4 Å². The minimum absolute atomic E-state index is 0.109. The molecule has 0 spiro atoms. The molecule has 0 unspecified atom stereocenters. The van der Waals surface area contributed by atoms with Crippen LogP contribution in [0.15, 0.2) is 77.4 Å². The molecule has 1 heterocycles. The van der Waals surface area contributed by atoms with Gasteiger partial charge in [0.2, 0.25) is 0 Å². The summed E-state index contributed by atoms with van der Waals surface area (Å²) < 4.78 is 18.3. The maximum atomic E-state index is 13.7. The second-order valence-corrected chi connectivity index (χ2v) is 12.6. The summed E-state index contributed by atoms with van der Waals surface area (Å²) in [6.45, 7) is 5.07. The molecule has 45 heavy (non-hydrogen) atoms. The fourth-order valence-corrected chi connectivity index (χ4v) is 8.39.